The van der Waals surface area contributed by atoms with E-state index < -0.39 is 26.5 Å². The predicted octanol–water partition coefficient (Wildman–Crippen LogP) is 25.4. The largest absolute Gasteiger partial charge is 0.756 e. The van der Waals surface area contributed by atoms with E-state index in [0.717, 1.165) is 77.0 Å². The first-order valence-electron chi connectivity index (χ1n) is 39.3. The minimum Gasteiger partial charge on any atom is -0.756 e. The summed E-state index contributed by atoms with van der Waals surface area (Å²) < 4.78 is 34.4. The molecule has 2 atom stereocenters. The molecule has 0 aliphatic carbocycles. The Bertz CT molecular complexity index is 1830. The zero-order chi connectivity index (χ0) is 66.9. The maximum Gasteiger partial charge on any atom is 0.306 e. The Labute approximate surface area is 571 Å². The molecule has 536 valence electrons. The molecule has 0 aliphatic rings. The van der Waals surface area contributed by atoms with Gasteiger partial charge in [-0.2, -0.15) is 0 Å². The molecule has 92 heavy (non-hydrogen) atoms. The number of nitrogens with zero attached hydrogens (tertiary/aromatic N) is 1. The quantitative estimate of drug-likeness (QED) is 0.0195. The number of phosphoric acid groups is 1. The van der Waals surface area contributed by atoms with E-state index in [0.29, 0.717) is 17.4 Å². The molecule has 0 aliphatic heterocycles. The first-order chi connectivity index (χ1) is 45.0. The lowest BCUT2D eigenvalue weighted by Crippen LogP contribution is -2.37. The Morgan fingerprint density at radius 2 is 0.620 bits per heavy atom. The highest BCUT2D eigenvalue weighted by Crippen LogP contribution is 2.38. The highest BCUT2D eigenvalue weighted by Gasteiger charge is 2.22. The number of rotatable bonds is 73. The number of ether oxygens (including phenoxy) is 2. The third-order valence-electron chi connectivity index (χ3n) is 17.4. The zero-order valence-electron chi connectivity index (χ0n) is 61.2. The van der Waals surface area contributed by atoms with Gasteiger partial charge in [-0.05, 0) is 89.9 Å². The van der Waals surface area contributed by atoms with Gasteiger partial charge < -0.3 is 27.9 Å². The monoisotopic (exact) mass is 1310 g/mol. The molecule has 0 saturated carbocycles. The number of carbonyl (C=O) groups excluding carboxylic acids is 2. The Morgan fingerprint density at radius 1 is 0.348 bits per heavy atom. The van der Waals surface area contributed by atoms with Crippen LogP contribution < -0.4 is 4.89 Å². The second kappa shape index (κ2) is 72.5. The summed E-state index contributed by atoms with van der Waals surface area (Å²) in [5.41, 5.74) is 0. The number of allylic oxidation sites excluding steroid dienone is 14. The predicted molar refractivity (Wildman–Crippen MR) is 397 cm³/mol. The summed E-state index contributed by atoms with van der Waals surface area (Å²) >= 11 is 0. The van der Waals surface area contributed by atoms with E-state index in [2.05, 4.69) is 98.9 Å². The Balaban J connectivity index is 3.93. The molecular formula is C82H150NO8P. The molecule has 10 heteroatoms. The number of hydrogen-bond donors (Lipinski definition) is 0. The van der Waals surface area contributed by atoms with E-state index in [1.165, 1.54) is 263 Å². The van der Waals surface area contributed by atoms with Crippen LogP contribution in [0.4, 0.5) is 0 Å². The van der Waals surface area contributed by atoms with Gasteiger partial charge in [0.25, 0.3) is 7.82 Å². The molecule has 0 rings (SSSR count). The lowest BCUT2D eigenvalue weighted by atomic mass is 10.0. The molecule has 0 bridgehead atoms. The molecule has 0 amide bonds. The minimum atomic E-state index is -4.65. The van der Waals surface area contributed by atoms with Crippen LogP contribution in [0.3, 0.4) is 0 Å². The van der Waals surface area contributed by atoms with Gasteiger partial charge in [-0.3, -0.25) is 14.2 Å². The molecule has 0 heterocycles. The van der Waals surface area contributed by atoms with Crippen molar-refractivity contribution < 1.29 is 42.1 Å². The van der Waals surface area contributed by atoms with Gasteiger partial charge in [0.2, 0.25) is 0 Å². The van der Waals surface area contributed by atoms with Crippen molar-refractivity contribution in [2.24, 2.45) is 0 Å². The summed E-state index contributed by atoms with van der Waals surface area (Å²) in [6.45, 7) is 4.17. The fraction of sp³-hybridized carbons (Fsp3) is 0.805. The van der Waals surface area contributed by atoms with Crippen molar-refractivity contribution in [1.82, 2.24) is 0 Å². The fourth-order valence-electron chi connectivity index (χ4n) is 11.4. The average Bonchev–Trinajstić information content (AvgIpc) is 2.14. The smallest absolute Gasteiger partial charge is 0.306 e. The van der Waals surface area contributed by atoms with E-state index >= 15 is 0 Å². The molecule has 0 radical (unpaired) electrons. The number of carbonyl (C=O) groups is 2. The molecule has 0 spiro atoms. The summed E-state index contributed by atoms with van der Waals surface area (Å²) in [7, 11) is 1.18. The lowest BCUT2D eigenvalue weighted by Gasteiger charge is -2.28. The van der Waals surface area contributed by atoms with E-state index in [-0.39, 0.29) is 32.0 Å². The Kier molecular flexibility index (Phi) is 70.2. The van der Waals surface area contributed by atoms with Crippen LogP contribution in [0.25, 0.3) is 0 Å². The summed E-state index contributed by atoms with van der Waals surface area (Å²) in [5, 5.41) is 0. The van der Waals surface area contributed by atoms with Gasteiger partial charge in [0, 0.05) is 12.8 Å². The van der Waals surface area contributed by atoms with Gasteiger partial charge in [0.15, 0.2) is 6.10 Å². The normalized spacial score (nSPS) is 13.5. The maximum absolute atomic E-state index is 12.9. The van der Waals surface area contributed by atoms with Crippen molar-refractivity contribution in [2.45, 2.75) is 380 Å². The second-order valence-electron chi connectivity index (χ2n) is 27.7. The second-order valence-corrected chi connectivity index (χ2v) is 29.1. The fourth-order valence-corrected chi connectivity index (χ4v) is 12.2. The third-order valence-corrected chi connectivity index (χ3v) is 18.4. The van der Waals surface area contributed by atoms with Gasteiger partial charge in [-0.15, -0.1) is 0 Å². The van der Waals surface area contributed by atoms with Crippen LogP contribution in [0, 0.1) is 0 Å². The number of hydrogen-bond acceptors (Lipinski definition) is 8. The number of unbranched alkanes of at least 4 members (excludes halogenated alkanes) is 45. The molecule has 2 unspecified atom stereocenters. The van der Waals surface area contributed by atoms with E-state index in [4.69, 9.17) is 18.5 Å². The van der Waals surface area contributed by atoms with Gasteiger partial charge in [-0.25, -0.2) is 0 Å². The van der Waals surface area contributed by atoms with Crippen molar-refractivity contribution in [3.63, 3.8) is 0 Å². The van der Waals surface area contributed by atoms with E-state index in [1.54, 1.807) is 0 Å². The Hall–Kier alpha value is -2.81. The lowest BCUT2D eigenvalue weighted by molar-refractivity contribution is -0.870. The van der Waals surface area contributed by atoms with Crippen molar-refractivity contribution in [1.29, 1.82) is 0 Å². The summed E-state index contributed by atoms with van der Waals surface area (Å²) in [6.07, 6.45) is 99.9. The molecule has 0 aromatic rings. The first kappa shape index (κ1) is 89.2. The van der Waals surface area contributed by atoms with Gasteiger partial charge in [0.05, 0.1) is 27.7 Å². The van der Waals surface area contributed by atoms with Crippen molar-refractivity contribution in [3.8, 4) is 0 Å². The van der Waals surface area contributed by atoms with E-state index in [9.17, 15) is 19.0 Å². The maximum atomic E-state index is 12.9. The van der Waals surface area contributed by atoms with Crippen molar-refractivity contribution in [3.05, 3.63) is 85.1 Å². The average molecular weight is 1310 g/mol. The molecule has 0 saturated heterocycles. The topological polar surface area (TPSA) is 111 Å². The van der Waals surface area contributed by atoms with Crippen LogP contribution in [-0.2, 0) is 32.7 Å². The van der Waals surface area contributed by atoms with Crippen LogP contribution >= 0.6 is 7.82 Å². The number of phosphoric ester groups is 1. The van der Waals surface area contributed by atoms with Crippen LogP contribution in [-0.4, -0.2) is 70.0 Å². The summed E-state index contributed by atoms with van der Waals surface area (Å²) in [5.74, 6) is -0.815. The number of esters is 2. The molecule has 0 N–H and O–H groups in total. The molecular weight excluding hydrogens is 1160 g/mol. The SMILES string of the molecule is CC/C=C\C/C=C\C/C=C\C/C=C\CCCCCCCCCCCCCCCCCCCCC(=O)OC(COC(=O)CCCCCCCCCCCCCCCCCCCCCCCC/C=C\C/C=C\C/C=C\CCCCCCC)COP(=O)([O-])OCC[N+](C)(C)C. The minimum absolute atomic E-state index is 0.0303. The molecule has 0 fully saturated rings. The van der Waals surface area contributed by atoms with Gasteiger partial charge in [-0.1, -0.05) is 356 Å². The standard InChI is InChI=1S/C82H150NO8P/c1-6-8-10-12-14-16-18-20-22-24-26-28-30-32-34-36-38-39-40-41-42-43-45-46-48-50-52-54-56-58-60-62-64-66-68-70-72-74-81(84)88-78-80(79-90-92(86,87)89-77-76-83(3,4)5)91-82(85)75-73-71-69-67-65-63-61-59-57-55-53-51-49-47-44-37-35-33-31-29-27-25-23-21-19-17-15-13-11-9-7-2/h9,11,15,17-18,20-21,23-24,26-27,29-30,32,80H,6-8,10,12-14,16,19,22,25,28,31,33-79H2,1-5H3/b11-9-,17-15-,20-18-,23-21-,26-24-,29-27-,32-30-. The zero-order valence-corrected chi connectivity index (χ0v) is 62.1. The van der Waals surface area contributed by atoms with Crippen molar-refractivity contribution in [2.75, 3.05) is 47.5 Å². The van der Waals surface area contributed by atoms with E-state index in [1.807, 2.05) is 21.1 Å². The van der Waals surface area contributed by atoms with Crippen LogP contribution in [0.2, 0.25) is 0 Å². The van der Waals surface area contributed by atoms with Crippen LogP contribution in [0.5, 0.6) is 0 Å². The van der Waals surface area contributed by atoms with Crippen molar-refractivity contribution >= 4 is 19.8 Å². The third kappa shape index (κ3) is 76.2. The number of quaternary nitrogens is 1. The summed E-state index contributed by atoms with van der Waals surface area (Å²) in [6, 6.07) is 0. The first-order valence-corrected chi connectivity index (χ1v) is 40.8. The molecule has 9 nitrogen and oxygen atoms in total. The van der Waals surface area contributed by atoms with Gasteiger partial charge in [0.1, 0.15) is 19.8 Å². The highest BCUT2D eigenvalue weighted by molar-refractivity contribution is 7.45. The Morgan fingerprint density at radius 3 is 0.924 bits per heavy atom. The van der Waals surface area contributed by atoms with Crippen LogP contribution in [0.15, 0.2) is 85.1 Å². The van der Waals surface area contributed by atoms with Crippen LogP contribution in [0.1, 0.15) is 373 Å². The van der Waals surface area contributed by atoms with Gasteiger partial charge >= 0.3 is 11.9 Å². The summed E-state index contributed by atoms with van der Waals surface area (Å²) in [4.78, 5) is 38.2. The molecule has 0 aromatic carbocycles. The number of likely N-dealkylation sites (N-methyl/N-ethyl adjacent to an activating group) is 1. The highest BCUT2D eigenvalue weighted by atomic mass is 31.2. The molecule has 0 aromatic heterocycles.